The normalized spacial score (nSPS) is 18.5. The van der Waals surface area contributed by atoms with Gasteiger partial charge in [0.25, 0.3) is 0 Å². The van der Waals surface area contributed by atoms with Crippen LogP contribution in [0.1, 0.15) is 23.6 Å². The molecule has 1 aromatic carbocycles. The molecule has 1 atom stereocenters. The Morgan fingerprint density at radius 3 is 2.67 bits per heavy atom. The van der Waals surface area contributed by atoms with Gasteiger partial charge in [-0.3, -0.25) is 4.79 Å². The molecule has 0 saturated carbocycles. The van der Waals surface area contributed by atoms with Gasteiger partial charge in [0, 0.05) is 13.6 Å². The van der Waals surface area contributed by atoms with Crippen LogP contribution in [-0.4, -0.2) is 38.7 Å². The molecular weight excluding hydrogens is 268 g/mol. The predicted octanol–water partition coefficient (Wildman–Crippen LogP) is 1.05. The van der Waals surface area contributed by atoms with E-state index in [0.717, 1.165) is 16.8 Å². The van der Waals surface area contributed by atoms with Crippen molar-refractivity contribution in [1.82, 2.24) is 19.2 Å². The first-order valence-corrected chi connectivity index (χ1v) is 6.98. The highest BCUT2D eigenvalue weighted by Gasteiger charge is 2.33. The van der Waals surface area contributed by atoms with Gasteiger partial charge in [-0.1, -0.05) is 12.1 Å². The zero-order chi connectivity index (χ0) is 15.1. The minimum atomic E-state index is -0.468. The van der Waals surface area contributed by atoms with Crippen molar-refractivity contribution in [2.75, 3.05) is 13.6 Å². The summed E-state index contributed by atoms with van der Waals surface area (Å²) in [6, 6.07) is 5.55. The first-order valence-electron chi connectivity index (χ1n) is 6.98. The number of aryl methyl sites for hydroxylation is 2. The van der Waals surface area contributed by atoms with Crippen molar-refractivity contribution in [2.45, 2.75) is 26.3 Å². The summed E-state index contributed by atoms with van der Waals surface area (Å²) in [4.78, 5) is 29.8. The molecule has 0 spiro atoms. The van der Waals surface area contributed by atoms with Crippen LogP contribution in [0.2, 0.25) is 0 Å². The lowest BCUT2D eigenvalue weighted by Crippen LogP contribution is -2.33. The minimum Gasteiger partial charge on any atom is -0.344 e. The molecule has 1 aliphatic rings. The Kier molecular flexibility index (Phi) is 3.16. The van der Waals surface area contributed by atoms with E-state index in [1.54, 1.807) is 16.6 Å². The molecule has 1 unspecified atom stereocenters. The Bertz CT molecular complexity index is 759. The van der Waals surface area contributed by atoms with Gasteiger partial charge in [-0.2, -0.15) is 4.98 Å². The molecular formula is C15H18N4O2. The molecule has 0 N–H and O–H groups in total. The summed E-state index contributed by atoms with van der Waals surface area (Å²) in [6.45, 7) is 4.64. The van der Waals surface area contributed by atoms with Gasteiger partial charge in [-0.25, -0.2) is 14.2 Å². The van der Waals surface area contributed by atoms with E-state index in [4.69, 9.17) is 0 Å². The molecule has 0 radical (unpaired) electrons. The maximum atomic E-state index is 12.2. The second-order valence-electron chi connectivity index (χ2n) is 5.57. The van der Waals surface area contributed by atoms with Gasteiger partial charge in [0.2, 0.25) is 5.91 Å². The average molecular weight is 286 g/mol. The zero-order valence-electron chi connectivity index (χ0n) is 12.4. The number of carbonyl (C=O) groups is 1. The molecule has 6 nitrogen and oxygen atoms in total. The average Bonchev–Trinajstić information content (AvgIpc) is 2.97. The van der Waals surface area contributed by atoms with Crippen LogP contribution in [-0.2, 0) is 4.79 Å². The molecule has 1 saturated heterocycles. The van der Waals surface area contributed by atoms with E-state index in [1.165, 1.54) is 11.0 Å². The number of hydrogen-bond acceptors (Lipinski definition) is 3. The summed E-state index contributed by atoms with van der Waals surface area (Å²) in [5.41, 5.74) is 2.63. The van der Waals surface area contributed by atoms with E-state index in [-0.39, 0.29) is 11.6 Å². The molecule has 1 amide bonds. The third-order valence-electron chi connectivity index (χ3n) is 4.01. The first kappa shape index (κ1) is 13.6. The smallest absolute Gasteiger partial charge is 0.344 e. The van der Waals surface area contributed by atoms with E-state index in [2.05, 4.69) is 4.98 Å². The highest BCUT2D eigenvalue weighted by molar-refractivity contribution is 5.82. The van der Waals surface area contributed by atoms with Crippen LogP contribution in [0, 0.1) is 13.8 Å². The van der Waals surface area contributed by atoms with Crippen LogP contribution >= 0.6 is 0 Å². The Morgan fingerprint density at radius 1 is 1.24 bits per heavy atom. The first-order chi connectivity index (χ1) is 9.99. The fourth-order valence-corrected chi connectivity index (χ4v) is 2.77. The third-order valence-corrected chi connectivity index (χ3v) is 4.01. The minimum absolute atomic E-state index is 0.0378. The molecule has 1 fully saturated rings. The second kappa shape index (κ2) is 4.87. The molecule has 2 heterocycles. The third kappa shape index (κ3) is 2.16. The van der Waals surface area contributed by atoms with E-state index in [9.17, 15) is 9.59 Å². The number of benzene rings is 1. The largest absolute Gasteiger partial charge is 0.364 e. The Labute approximate surface area is 122 Å². The van der Waals surface area contributed by atoms with E-state index < -0.39 is 6.04 Å². The number of aromatic nitrogens is 3. The number of carbonyl (C=O) groups excluding carboxylic acids is 1. The van der Waals surface area contributed by atoms with Gasteiger partial charge >= 0.3 is 5.69 Å². The van der Waals surface area contributed by atoms with Crippen molar-refractivity contribution in [3.8, 4) is 5.69 Å². The van der Waals surface area contributed by atoms with Crippen LogP contribution in [0.25, 0.3) is 5.69 Å². The number of likely N-dealkylation sites (N-methyl/N-ethyl adjacent to an activating group) is 1. The maximum absolute atomic E-state index is 12.2. The lowest BCUT2D eigenvalue weighted by Gasteiger charge is -2.17. The van der Waals surface area contributed by atoms with Gasteiger partial charge in [-0.15, -0.1) is 0 Å². The van der Waals surface area contributed by atoms with Crippen LogP contribution in [0.15, 0.2) is 29.3 Å². The molecule has 1 aliphatic heterocycles. The fraction of sp³-hybridized carbons (Fsp3) is 0.400. The molecule has 21 heavy (non-hydrogen) atoms. The van der Waals surface area contributed by atoms with Gasteiger partial charge in [0.15, 0.2) is 0 Å². The van der Waals surface area contributed by atoms with Crippen molar-refractivity contribution in [3.63, 3.8) is 0 Å². The highest BCUT2D eigenvalue weighted by atomic mass is 16.2. The molecule has 2 aromatic rings. The summed E-state index contributed by atoms with van der Waals surface area (Å²) < 4.78 is 3.17. The van der Waals surface area contributed by atoms with E-state index in [1.807, 2.05) is 32.0 Å². The van der Waals surface area contributed by atoms with E-state index >= 15 is 0 Å². The summed E-state index contributed by atoms with van der Waals surface area (Å²) >= 11 is 0. The Morgan fingerprint density at radius 2 is 2.00 bits per heavy atom. The molecule has 6 heteroatoms. The molecule has 3 rings (SSSR count). The number of rotatable bonds is 2. The number of nitrogens with zero attached hydrogens (tertiary/aromatic N) is 4. The molecule has 0 bridgehead atoms. The molecule has 110 valence electrons. The second-order valence-corrected chi connectivity index (χ2v) is 5.57. The molecule has 0 aliphatic carbocycles. The standard InChI is InChI=1S/C15H18N4O2/c1-10-4-5-11(2)13(8-10)18-9-16-15(21)19(18)12-6-7-17(3)14(12)20/h4-5,8-9,12H,6-7H2,1-3H3. The number of hydrogen-bond donors (Lipinski definition) is 0. The zero-order valence-corrected chi connectivity index (χ0v) is 12.4. The van der Waals surface area contributed by atoms with Crippen LogP contribution in [0.4, 0.5) is 0 Å². The summed E-state index contributed by atoms with van der Waals surface area (Å²) in [7, 11) is 1.76. The van der Waals surface area contributed by atoms with Crippen molar-refractivity contribution in [2.24, 2.45) is 0 Å². The highest BCUT2D eigenvalue weighted by Crippen LogP contribution is 2.23. The van der Waals surface area contributed by atoms with Crippen LogP contribution < -0.4 is 5.69 Å². The van der Waals surface area contributed by atoms with Crippen molar-refractivity contribution in [3.05, 3.63) is 46.1 Å². The maximum Gasteiger partial charge on any atom is 0.364 e. The summed E-state index contributed by atoms with van der Waals surface area (Å²) in [5, 5.41) is 0. The fourth-order valence-electron chi connectivity index (χ4n) is 2.77. The number of amides is 1. The monoisotopic (exact) mass is 286 g/mol. The quantitative estimate of drug-likeness (QED) is 0.829. The number of likely N-dealkylation sites (tertiary alicyclic amines) is 1. The van der Waals surface area contributed by atoms with Crippen molar-refractivity contribution in [1.29, 1.82) is 0 Å². The van der Waals surface area contributed by atoms with Gasteiger partial charge in [-0.05, 0) is 37.5 Å². The van der Waals surface area contributed by atoms with Crippen LogP contribution in [0.5, 0.6) is 0 Å². The Hall–Kier alpha value is -2.37. The SMILES string of the molecule is Cc1ccc(C)c(-n2cnc(=O)n2C2CCN(C)C2=O)c1. The predicted molar refractivity (Wildman–Crippen MR) is 78.6 cm³/mol. The van der Waals surface area contributed by atoms with E-state index in [0.29, 0.717) is 13.0 Å². The van der Waals surface area contributed by atoms with Gasteiger partial charge < -0.3 is 4.90 Å². The Balaban J connectivity index is 2.16. The topological polar surface area (TPSA) is 60.1 Å². The lowest BCUT2D eigenvalue weighted by molar-refractivity contribution is -0.129. The lowest BCUT2D eigenvalue weighted by atomic mass is 10.1. The summed E-state index contributed by atoms with van der Waals surface area (Å²) in [6.07, 6.45) is 2.13. The van der Waals surface area contributed by atoms with Crippen molar-refractivity contribution >= 4 is 5.91 Å². The molecule has 1 aromatic heterocycles. The van der Waals surface area contributed by atoms with Gasteiger partial charge in [0.05, 0.1) is 5.69 Å². The summed E-state index contributed by atoms with van der Waals surface area (Å²) in [5.74, 6) is -0.0378. The van der Waals surface area contributed by atoms with Gasteiger partial charge in [0.1, 0.15) is 12.4 Å². The van der Waals surface area contributed by atoms with Crippen molar-refractivity contribution < 1.29 is 4.79 Å². The van der Waals surface area contributed by atoms with Crippen LogP contribution in [0.3, 0.4) is 0 Å².